The Morgan fingerprint density at radius 2 is 1.36 bits per heavy atom. The zero-order chi connectivity index (χ0) is 20.3. The first-order chi connectivity index (χ1) is 13.1. The normalized spacial score (nSPS) is 20.9. The third-order valence-electron chi connectivity index (χ3n) is 7.32. The monoisotopic (exact) mass is 376 g/mol. The van der Waals surface area contributed by atoms with Crippen LogP contribution in [0.4, 0.5) is 0 Å². The number of carbonyl (C=O) groups is 1. The van der Waals surface area contributed by atoms with Crippen LogP contribution in [-0.2, 0) is 21.0 Å². The third kappa shape index (κ3) is 2.89. The van der Waals surface area contributed by atoms with E-state index in [2.05, 4.69) is 58.9 Å². The van der Waals surface area contributed by atoms with Gasteiger partial charge in [0.2, 0.25) is 0 Å². The largest absolute Gasteiger partial charge is 0.465 e. The molecule has 2 heteroatoms. The van der Waals surface area contributed by atoms with Gasteiger partial charge in [-0.3, -0.25) is 0 Å². The van der Waals surface area contributed by atoms with Crippen molar-refractivity contribution in [3.05, 3.63) is 69.8 Å². The van der Waals surface area contributed by atoms with E-state index in [-0.39, 0.29) is 22.2 Å². The zero-order valence-corrected chi connectivity index (χ0v) is 18.1. The Morgan fingerprint density at radius 1 is 0.821 bits per heavy atom. The molecule has 0 aliphatic heterocycles. The number of benzene rings is 2. The van der Waals surface area contributed by atoms with Crippen LogP contribution in [0.15, 0.2) is 36.4 Å². The van der Waals surface area contributed by atoms with Gasteiger partial charge in [0.25, 0.3) is 0 Å². The van der Waals surface area contributed by atoms with Crippen LogP contribution in [0.5, 0.6) is 0 Å². The molecule has 2 aliphatic carbocycles. The predicted octanol–water partition coefficient (Wildman–Crippen LogP) is 6.21. The molecule has 0 bridgehead atoms. The number of methoxy groups -OCH3 is 1. The van der Waals surface area contributed by atoms with Gasteiger partial charge in [0.05, 0.1) is 12.7 Å². The fraction of sp³-hybridized carbons (Fsp3) is 0.500. The zero-order valence-electron chi connectivity index (χ0n) is 18.1. The second-order valence-electron chi connectivity index (χ2n) is 10.1. The van der Waals surface area contributed by atoms with Crippen molar-refractivity contribution < 1.29 is 9.53 Å². The lowest BCUT2D eigenvalue weighted by molar-refractivity contribution is 0.0600. The molecule has 0 radical (unpaired) electrons. The minimum absolute atomic E-state index is 0.103. The molecule has 2 aromatic carbocycles. The maximum absolute atomic E-state index is 11.8. The van der Waals surface area contributed by atoms with E-state index >= 15 is 0 Å². The highest BCUT2D eigenvalue weighted by molar-refractivity contribution is 5.89. The van der Waals surface area contributed by atoms with E-state index < -0.39 is 0 Å². The van der Waals surface area contributed by atoms with Crippen LogP contribution >= 0.6 is 0 Å². The van der Waals surface area contributed by atoms with Crippen molar-refractivity contribution in [3.8, 4) is 0 Å². The number of esters is 1. The Morgan fingerprint density at radius 3 is 1.86 bits per heavy atom. The molecule has 0 N–H and O–H groups in total. The number of rotatable bonds is 3. The van der Waals surface area contributed by atoms with Crippen molar-refractivity contribution in [1.82, 2.24) is 0 Å². The first-order valence-corrected chi connectivity index (χ1v) is 10.5. The fourth-order valence-corrected chi connectivity index (χ4v) is 5.12. The first-order valence-electron chi connectivity index (χ1n) is 10.5. The third-order valence-corrected chi connectivity index (χ3v) is 7.32. The van der Waals surface area contributed by atoms with Crippen molar-refractivity contribution in [1.29, 1.82) is 0 Å². The second-order valence-corrected chi connectivity index (χ2v) is 10.1. The Hall–Kier alpha value is -2.09. The molecular formula is C26H32O2. The average Bonchev–Trinajstić information content (AvgIpc) is 3.46. The molecule has 0 aromatic heterocycles. The van der Waals surface area contributed by atoms with Crippen molar-refractivity contribution in [2.75, 3.05) is 7.11 Å². The Labute approximate surface area is 169 Å². The highest BCUT2D eigenvalue weighted by atomic mass is 16.5. The van der Waals surface area contributed by atoms with Crippen molar-refractivity contribution >= 4 is 5.97 Å². The van der Waals surface area contributed by atoms with Crippen LogP contribution in [0.25, 0.3) is 0 Å². The summed E-state index contributed by atoms with van der Waals surface area (Å²) in [5.41, 5.74) is 8.44. The van der Waals surface area contributed by atoms with Gasteiger partial charge < -0.3 is 4.74 Å². The number of hydrogen-bond acceptors (Lipinski definition) is 2. The smallest absolute Gasteiger partial charge is 0.337 e. The van der Waals surface area contributed by atoms with Crippen LogP contribution < -0.4 is 0 Å². The van der Waals surface area contributed by atoms with Gasteiger partial charge in [-0.15, -0.1) is 0 Å². The van der Waals surface area contributed by atoms with Gasteiger partial charge in [-0.25, -0.2) is 4.79 Å². The molecule has 4 rings (SSSR count). The summed E-state index contributed by atoms with van der Waals surface area (Å²) in [5, 5.41) is 0. The van der Waals surface area contributed by atoms with E-state index in [1.54, 1.807) is 0 Å². The van der Waals surface area contributed by atoms with Gasteiger partial charge in [0.15, 0.2) is 0 Å². The number of ether oxygens (including phenoxy) is 1. The molecule has 28 heavy (non-hydrogen) atoms. The minimum Gasteiger partial charge on any atom is -0.465 e. The quantitative estimate of drug-likeness (QED) is 0.595. The van der Waals surface area contributed by atoms with Crippen LogP contribution in [0.3, 0.4) is 0 Å². The molecule has 1 saturated carbocycles. The van der Waals surface area contributed by atoms with Crippen molar-refractivity contribution in [3.63, 3.8) is 0 Å². The predicted molar refractivity (Wildman–Crippen MR) is 114 cm³/mol. The first kappa shape index (κ1) is 19.2. The van der Waals surface area contributed by atoms with Crippen molar-refractivity contribution in [2.24, 2.45) is 0 Å². The van der Waals surface area contributed by atoms with Crippen LogP contribution in [0.1, 0.15) is 91.6 Å². The van der Waals surface area contributed by atoms with Gasteiger partial charge in [-0.1, -0.05) is 52.0 Å². The number of fused-ring (bicyclic) bond motifs is 1. The Balaban J connectivity index is 1.80. The van der Waals surface area contributed by atoms with E-state index in [1.807, 2.05) is 12.1 Å². The molecule has 0 spiro atoms. The molecule has 148 valence electrons. The van der Waals surface area contributed by atoms with Gasteiger partial charge in [-0.2, -0.15) is 0 Å². The summed E-state index contributed by atoms with van der Waals surface area (Å²) >= 11 is 0. The Bertz CT molecular complexity index is 928. The van der Waals surface area contributed by atoms with Gasteiger partial charge in [0, 0.05) is 5.41 Å². The molecule has 2 aliphatic rings. The molecule has 2 aromatic rings. The highest BCUT2D eigenvalue weighted by Gasteiger charge is 2.48. The molecule has 0 atom stereocenters. The van der Waals surface area contributed by atoms with E-state index in [4.69, 9.17) is 4.74 Å². The van der Waals surface area contributed by atoms with Crippen LogP contribution in [0.2, 0.25) is 0 Å². The summed E-state index contributed by atoms with van der Waals surface area (Å²) in [4.78, 5) is 11.8. The van der Waals surface area contributed by atoms with Gasteiger partial charge in [-0.05, 0) is 83.4 Å². The molecule has 0 unspecified atom stereocenters. The molecule has 0 heterocycles. The molecule has 0 saturated heterocycles. The van der Waals surface area contributed by atoms with Gasteiger partial charge >= 0.3 is 5.97 Å². The topological polar surface area (TPSA) is 26.3 Å². The summed E-state index contributed by atoms with van der Waals surface area (Å²) < 4.78 is 4.85. The van der Waals surface area contributed by atoms with E-state index in [9.17, 15) is 4.79 Å². The second kappa shape index (κ2) is 6.20. The lowest BCUT2D eigenvalue weighted by Crippen LogP contribution is -2.34. The SMILES string of the molecule is COC(=O)c1ccc(C2(c3cc4c(cc3C)C(C)(C)CCC4(C)C)CC2)cc1. The number of carbonyl (C=O) groups excluding carboxylic acids is 1. The summed E-state index contributed by atoms with van der Waals surface area (Å²) in [5.74, 6) is -0.273. The summed E-state index contributed by atoms with van der Waals surface area (Å²) in [6.45, 7) is 11.8. The highest BCUT2D eigenvalue weighted by Crippen LogP contribution is 2.56. The van der Waals surface area contributed by atoms with Crippen molar-refractivity contribution in [2.45, 2.75) is 76.5 Å². The molecule has 0 amide bonds. The molecule has 2 nitrogen and oxygen atoms in total. The van der Waals surface area contributed by atoms with Crippen LogP contribution in [0, 0.1) is 6.92 Å². The maximum atomic E-state index is 11.8. The minimum atomic E-state index is -0.273. The average molecular weight is 377 g/mol. The standard InChI is InChI=1S/C26H32O2/c1-17-15-21-22(25(4,5)12-11-24(21,2)3)16-20(17)26(13-14-26)19-9-7-18(8-10-19)23(27)28-6/h7-10,15-16H,11-14H2,1-6H3. The number of aryl methyl sites for hydroxylation is 1. The fourth-order valence-electron chi connectivity index (χ4n) is 5.12. The van der Waals surface area contributed by atoms with E-state index in [0.717, 1.165) is 0 Å². The summed E-state index contributed by atoms with van der Waals surface area (Å²) in [6.07, 6.45) is 4.82. The lowest BCUT2D eigenvalue weighted by atomic mass is 9.62. The van der Waals surface area contributed by atoms with E-state index in [1.165, 1.54) is 60.6 Å². The van der Waals surface area contributed by atoms with Crippen LogP contribution in [-0.4, -0.2) is 13.1 Å². The molecule has 1 fully saturated rings. The summed E-state index contributed by atoms with van der Waals surface area (Å²) in [7, 11) is 1.43. The molecular weight excluding hydrogens is 344 g/mol. The van der Waals surface area contributed by atoms with E-state index in [0.29, 0.717) is 5.56 Å². The lowest BCUT2D eigenvalue weighted by Gasteiger charge is -2.43. The van der Waals surface area contributed by atoms with Gasteiger partial charge in [0.1, 0.15) is 0 Å². The summed E-state index contributed by atoms with van der Waals surface area (Å²) in [6, 6.07) is 13.0. The Kier molecular flexibility index (Phi) is 4.26. The number of hydrogen-bond donors (Lipinski definition) is 0. The maximum Gasteiger partial charge on any atom is 0.337 e.